The van der Waals surface area contributed by atoms with Crippen LogP contribution in [0.1, 0.15) is 11.6 Å². The van der Waals surface area contributed by atoms with Crippen molar-refractivity contribution < 1.29 is 4.42 Å². The molecule has 3 rings (SSSR count). The zero-order valence-corrected chi connectivity index (χ0v) is 9.42. The number of fused-ring (bicyclic) bond motifs is 1. The van der Waals surface area contributed by atoms with E-state index in [4.69, 9.17) is 4.42 Å². The van der Waals surface area contributed by atoms with Gasteiger partial charge in [-0.1, -0.05) is 12.1 Å². The largest absolute Gasteiger partial charge is 0.465 e. The number of aromatic nitrogens is 2. The van der Waals surface area contributed by atoms with Crippen LogP contribution in [-0.2, 0) is 0 Å². The Labute approximate surface area is 103 Å². The van der Waals surface area contributed by atoms with E-state index in [1.165, 1.54) is 0 Å². The molecule has 0 radical (unpaired) electrons. The fraction of sp³-hybridized carbons (Fsp3) is 0. The molecular weight excluding hydrogens is 226 g/mol. The Hall–Kier alpha value is -2.80. The number of para-hydroxylation sites is 2. The van der Waals surface area contributed by atoms with Gasteiger partial charge < -0.3 is 9.40 Å². The fourth-order valence-electron chi connectivity index (χ4n) is 1.75. The quantitative estimate of drug-likeness (QED) is 0.693. The topological polar surface area (TPSA) is 65.6 Å². The van der Waals surface area contributed by atoms with Gasteiger partial charge in [0.05, 0.1) is 22.9 Å². The summed E-state index contributed by atoms with van der Waals surface area (Å²) in [6.07, 6.45) is 3.23. The number of nitrogens with zero attached hydrogens (tertiary/aromatic N) is 2. The predicted molar refractivity (Wildman–Crippen MR) is 68.3 cm³/mol. The number of furan rings is 1. The summed E-state index contributed by atoms with van der Waals surface area (Å²) in [7, 11) is 0. The Balaban J connectivity index is 2.09. The minimum atomic E-state index is 0.446. The number of rotatable bonds is 2. The highest BCUT2D eigenvalue weighted by Crippen LogP contribution is 2.18. The molecule has 2 aromatic heterocycles. The first-order valence-electron chi connectivity index (χ1n) is 5.47. The van der Waals surface area contributed by atoms with E-state index in [0.29, 0.717) is 17.2 Å². The zero-order chi connectivity index (χ0) is 12.4. The second-order valence-electron chi connectivity index (χ2n) is 3.79. The summed E-state index contributed by atoms with van der Waals surface area (Å²) in [6.45, 7) is 0. The van der Waals surface area contributed by atoms with Crippen LogP contribution < -0.4 is 0 Å². The van der Waals surface area contributed by atoms with E-state index in [-0.39, 0.29) is 0 Å². The van der Waals surface area contributed by atoms with E-state index in [2.05, 4.69) is 16.0 Å². The van der Waals surface area contributed by atoms with Crippen molar-refractivity contribution in [3.8, 4) is 6.07 Å². The van der Waals surface area contributed by atoms with Crippen LogP contribution in [0.2, 0.25) is 0 Å². The minimum Gasteiger partial charge on any atom is -0.465 e. The molecule has 4 heteroatoms. The van der Waals surface area contributed by atoms with Gasteiger partial charge in [-0.05, 0) is 24.3 Å². The smallest absolute Gasteiger partial charge is 0.149 e. The number of H-pyrrole nitrogens is 1. The molecule has 4 nitrogen and oxygen atoms in total. The van der Waals surface area contributed by atoms with Crippen molar-refractivity contribution in [2.75, 3.05) is 0 Å². The molecular formula is C14H9N3O. The number of aromatic amines is 1. The standard InChI is InChI=1S/C14H9N3O/c15-9-10(8-11-4-3-7-18-11)14-16-12-5-1-2-6-13(12)17-14/h1-8H,(H,16,17)/b10-8-. The summed E-state index contributed by atoms with van der Waals surface area (Å²) in [6, 6.07) is 13.4. The molecule has 1 aromatic carbocycles. The predicted octanol–water partition coefficient (Wildman–Crippen LogP) is 3.22. The molecule has 3 aromatic rings. The summed E-state index contributed by atoms with van der Waals surface area (Å²) in [4.78, 5) is 7.49. The number of nitriles is 1. The highest BCUT2D eigenvalue weighted by atomic mass is 16.3. The van der Waals surface area contributed by atoms with E-state index in [1.807, 2.05) is 24.3 Å². The van der Waals surface area contributed by atoms with Crippen molar-refractivity contribution in [2.24, 2.45) is 0 Å². The summed E-state index contributed by atoms with van der Waals surface area (Å²) >= 11 is 0. The molecule has 0 aliphatic carbocycles. The van der Waals surface area contributed by atoms with Gasteiger partial charge in [0, 0.05) is 6.08 Å². The maximum absolute atomic E-state index is 9.18. The lowest BCUT2D eigenvalue weighted by Gasteiger charge is -1.91. The Morgan fingerprint density at radius 2 is 2.17 bits per heavy atom. The molecule has 0 aliphatic rings. The van der Waals surface area contributed by atoms with Crippen LogP contribution in [0.4, 0.5) is 0 Å². The molecule has 0 spiro atoms. The van der Waals surface area contributed by atoms with Crippen LogP contribution in [0.3, 0.4) is 0 Å². The van der Waals surface area contributed by atoms with Crippen molar-refractivity contribution in [1.82, 2.24) is 9.97 Å². The van der Waals surface area contributed by atoms with Gasteiger partial charge in [0.25, 0.3) is 0 Å². The molecule has 18 heavy (non-hydrogen) atoms. The van der Waals surface area contributed by atoms with Crippen molar-refractivity contribution in [3.05, 3.63) is 54.2 Å². The third kappa shape index (κ3) is 1.78. The third-order valence-corrected chi connectivity index (χ3v) is 2.59. The molecule has 0 atom stereocenters. The molecule has 86 valence electrons. The molecule has 0 unspecified atom stereocenters. The van der Waals surface area contributed by atoms with Crippen molar-refractivity contribution >= 4 is 22.7 Å². The molecule has 0 bridgehead atoms. The van der Waals surface area contributed by atoms with Crippen LogP contribution in [0.15, 0.2) is 47.1 Å². The Kier molecular flexibility index (Phi) is 2.43. The number of hydrogen-bond donors (Lipinski definition) is 1. The molecule has 0 aliphatic heterocycles. The lowest BCUT2D eigenvalue weighted by Crippen LogP contribution is -1.83. The van der Waals surface area contributed by atoms with E-state index in [1.54, 1.807) is 24.5 Å². The van der Waals surface area contributed by atoms with E-state index in [0.717, 1.165) is 11.0 Å². The van der Waals surface area contributed by atoms with Gasteiger partial charge in [0.1, 0.15) is 17.7 Å². The Morgan fingerprint density at radius 1 is 1.28 bits per heavy atom. The van der Waals surface area contributed by atoms with E-state index in [9.17, 15) is 5.26 Å². The van der Waals surface area contributed by atoms with Crippen molar-refractivity contribution in [2.45, 2.75) is 0 Å². The number of benzene rings is 1. The van der Waals surface area contributed by atoms with Crippen LogP contribution in [0.5, 0.6) is 0 Å². The van der Waals surface area contributed by atoms with Crippen molar-refractivity contribution in [3.63, 3.8) is 0 Å². The van der Waals surface area contributed by atoms with Crippen LogP contribution in [-0.4, -0.2) is 9.97 Å². The van der Waals surface area contributed by atoms with Gasteiger partial charge in [-0.15, -0.1) is 0 Å². The van der Waals surface area contributed by atoms with E-state index < -0.39 is 0 Å². The molecule has 0 fully saturated rings. The zero-order valence-electron chi connectivity index (χ0n) is 9.42. The second-order valence-corrected chi connectivity index (χ2v) is 3.79. The third-order valence-electron chi connectivity index (χ3n) is 2.59. The maximum atomic E-state index is 9.18. The van der Waals surface area contributed by atoms with Gasteiger partial charge in [-0.3, -0.25) is 0 Å². The molecule has 0 amide bonds. The highest BCUT2D eigenvalue weighted by Gasteiger charge is 2.07. The van der Waals surface area contributed by atoms with Gasteiger partial charge in [-0.25, -0.2) is 4.98 Å². The van der Waals surface area contributed by atoms with Gasteiger partial charge in [0.2, 0.25) is 0 Å². The summed E-state index contributed by atoms with van der Waals surface area (Å²) in [5.41, 5.74) is 2.20. The normalized spacial score (nSPS) is 11.6. The first-order valence-corrected chi connectivity index (χ1v) is 5.47. The second kappa shape index (κ2) is 4.22. The van der Waals surface area contributed by atoms with E-state index >= 15 is 0 Å². The van der Waals surface area contributed by atoms with Crippen LogP contribution >= 0.6 is 0 Å². The Morgan fingerprint density at radius 3 is 2.89 bits per heavy atom. The molecule has 1 N–H and O–H groups in total. The average molecular weight is 235 g/mol. The number of nitrogens with one attached hydrogen (secondary N) is 1. The van der Waals surface area contributed by atoms with Crippen LogP contribution in [0.25, 0.3) is 22.7 Å². The lowest BCUT2D eigenvalue weighted by molar-refractivity contribution is 0.557. The summed E-state index contributed by atoms with van der Waals surface area (Å²) in [5, 5.41) is 9.18. The highest BCUT2D eigenvalue weighted by molar-refractivity contribution is 5.89. The number of imidazole rings is 1. The van der Waals surface area contributed by atoms with Crippen LogP contribution in [0, 0.1) is 11.3 Å². The lowest BCUT2D eigenvalue weighted by atomic mass is 10.2. The number of hydrogen-bond acceptors (Lipinski definition) is 3. The number of allylic oxidation sites excluding steroid dienone is 1. The minimum absolute atomic E-state index is 0.446. The fourth-order valence-corrected chi connectivity index (χ4v) is 1.75. The first-order chi connectivity index (χ1) is 8.86. The molecule has 0 saturated carbocycles. The van der Waals surface area contributed by atoms with Crippen molar-refractivity contribution in [1.29, 1.82) is 5.26 Å². The maximum Gasteiger partial charge on any atom is 0.149 e. The molecule has 0 saturated heterocycles. The van der Waals surface area contributed by atoms with Gasteiger partial charge in [-0.2, -0.15) is 5.26 Å². The SMILES string of the molecule is N#C/C(=C/c1ccco1)c1nc2ccccc2[nH]1. The summed E-state index contributed by atoms with van der Waals surface area (Å²) < 4.78 is 5.19. The molecule has 2 heterocycles. The first kappa shape index (κ1) is 10.4. The van der Waals surface area contributed by atoms with Gasteiger partial charge >= 0.3 is 0 Å². The average Bonchev–Trinajstić information content (AvgIpc) is 3.04. The summed E-state index contributed by atoms with van der Waals surface area (Å²) in [5.74, 6) is 1.18. The van der Waals surface area contributed by atoms with Gasteiger partial charge in [0.15, 0.2) is 0 Å². The Bertz CT molecular complexity index is 712. The monoisotopic (exact) mass is 235 g/mol.